The quantitative estimate of drug-likeness (QED) is 0.729. The van der Waals surface area contributed by atoms with Crippen LogP contribution < -0.4 is 5.32 Å². The highest BCUT2D eigenvalue weighted by atomic mass is 16.5. The molecule has 0 aromatic carbocycles. The number of hydrogen-bond donors (Lipinski definition) is 1. The number of methoxy groups -OCH3 is 1. The van der Waals surface area contributed by atoms with Crippen LogP contribution in [-0.2, 0) is 17.8 Å². The molecular weight excluding hydrogens is 178 g/mol. The first kappa shape index (κ1) is 9.68. The lowest BCUT2D eigenvalue weighted by Gasteiger charge is -2.00. The highest BCUT2D eigenvalue weighted by Crippen LogP contribution is 2.18. The fourth-order valence-electron chi connectivity index (χ4n) is 1.34. The van der Waals surface area contributed by atoms with Crippen LogP contribution >= 0.6 is 0 Å². The lowest BCUT2D eigenvalue weighted by atomic mass is 10.4. The first-order valence-corrected chi connectivity index (χ1v) is 5.13. The van der Waals surface area contributed by atoms with Gasteiger partial charge in [0.15, 0.2) is 0 Å². The van der Waals surface area contributed by atoms with Crippen LogP contribution in [0.4, 0.5) is 0 Å². The third kappa shape index (κ3) is 2.82. The summed E-state index contributed by atoms with van der Waals surface area (Å²) < 4.78 is 6.91. The third-order valence-electron chi connectivity index (χ3n) is 2.37. The zero-order chi connectivity index (χ0) is 9.80. The number of hydrogen-bond acceptors (Lipinski definition) is 3. The highest BCUT2D eigenvalue weighted by Gasteiger charge is 2.20. The summed E-state index contributed by atoms with van der Waals surface area (Å²) in [5, 5.41) is 7.86. The van der Waals surface area contributed by atoms with Crippen LogP contribution in [0, 0.1) is 0 Å². The van der Waals surface area contributed by atoms with Crippen LogP contribution in [0.2, 0.25) is 0 Å². The third-order valence-corrected chi connectivity index (χ3v) is 2.37. The van der Waals surface area contributed by atoms with E-state index >= 15 is 0 Å². The SMILES string of the molecule is COCCn1ccc(CNC2CC2)n1. The van der Waals surface area contributed by atoms with Gasteiger partial charge in [0.25, 0.3) is 0 Å². The minimum atomic E-state index is 0.719. The van der Waals surface area contributed by atoms with Gasteiger partial charge in [-0.15, -0.1) is 0 Å². The summed E-state index contributed by atoms with van der Waals surface area (Å²) in [5.41, 5.74) is 1.12. The van der Waals surface area contributed by atoms with E-state index in [0.29, 0.717) is 0 Å². The van der Waals surface area contributed by atoms with Crippen molar-refractivity contribution in [1.82, 2.24) is 15.1 Å². The van der Waals surface area contributed by atoms with Crippen molar-refractivity contribution >= 4 is 0 Å². The number of aromatic nitrogens is 2. The molecule has 0 amide bonds. The summed E-state index contributed by atoms with van der Waals surface area (Å²) in [6.07, 6.45) is 4.65. The molecule has 0 radical (unpaired) electrons. The number of nitrogens with one attached hydrogen (secondary N) is 1. The van der Waals surface area contributed by atoms with Crippen LogP contribution in [0.15, 0.2) is 12.3 Å². The van der Waals surface area contributed by atoms with Crippen molar-refractivity contribution in [3.63, 3.8) is 0 Å². The standard InChI is InChI=1S/C10H17N3O/c1-14-7-6-13-5-4-10(12-13)8-11-9-2-3-9/h4-5,9,11H,2-3,6-8H2,1H3. The summed E-state index contributed by atoms with van der Waals surface area (Å²) in [6.45, 7) is 2.45. The second-order valence-corrected chi connectivity index (χ2v) is 3.72. The molecule has 0 aliphatic heterocycles. The van der Waals surface area contributed by atoms with E-state index in [0.717, 1.165) is 31.4 Å². The maximum Gasteiger partial charge on any atom is 0.0762 e. The Hall–Kier alpha value is -0.870. The molecule has 0 saturated heterocycles. The Kier molecular flexibility index (Phi) is 3.16. The van der Waals surface area contributed by atoms with Crippen molar-refractivity contribution in [1.29, 1.82) is 0 Å². The van der Waals surface area contributed by atoms with Crippen molar-refractivity contribution in [3.05, 3.63) is 18.0 Å². The predicted octanol–water partition coefficient (Wildman–Crippen LogP) is 0.781. The van der Waals surface area contributed by atoms with Crippen molar-refractivity contribution in [2.45, 2.75) is 32.0 Å². The summed E-state index contributed by atoms with van der Waals surface area (Å²) in [7, 11) is 1.71. The van der Waals surface area contributed by atoms with E-state index in [1.54, 1.807) is 7.11 Å². The molecule has 1 N–H and O–H groups in total. The molecule has 0 spiro atoms. The van der Waals surface area contributed by atoms with Crippen molar-refractivity contribution in [2.24, 2.45) is 0 Å². The Labute approximate surface area is 84.3 Å². The van der Waals surface area contributed by atoms with Gasteiger partial charge in [-0.1, -0.05) is 0 Å². The summed E-state index contributed by atoms with van der Waals surface area (Å²) in [5.74, 6) is 0. The van der Waals surface area contributed by atoms with E-state index in [1.165, 1.54) is 12.8 Å². The summed E-state index contributed by atoms with van der Waals surface area (Å²) >= 11 is 0. The number of ether oxygens (including phenoxy) is 1. The average Bonchev–Trinajstić information content (AvgIpc) is 2.92. The topological polar surface area (TPSA) is 39.1 Å². The Balaban J connectivity index is 1.76. The number of nitrogens with zero attached hydrogens (tertiary/aromatic N) is 2. The molecular formula is C10H17N3O. The van der Waals surface area contributed by atoms with Gasteiger partial charge in [-0.2, -0.15) is 5.10 Å². The molecule has 1 fully saturated rings. The lowest BCUT2D eigenvalue weighted by Crippen LogP contribution is -2.16. The monoisotopic (exact) mass is 195 g/mol. The molecule has 4 heteroatoms. The van der Waals surface area contributed by atoms with Crippen LogP contribution in [-0.4, -0.2) is 29.5 Å². The van der Waals surface area contributed by atoms with Crippen LogP contribution in [0.5, 0.6) is 0 Å². The smallest absolute Gasteiger partial charge is 0.0762 e. The van der Waals surface area contributed by atoms with Crippen molar-refractivity contribution < 1.29 is 4.74 Å². The summed E-state index contributed by atoms with van der Waals surface area (Å²) in [6, 6.07) is 2.81. The van der Waals surface area contributed by atoms with Crippen molar-refractivity contribution in [2.75, 3.05) is 13.7 Å². The fraction of sp³-hybridized carbons (Fsp3) is 0.700. The van der Waals surface area contributed by atoms with Gasteiger partial charge in [-0.05, 0) is 18.9 Å². The molecule has 0 bridgehead atoms. The van der Waals surface area contributed by atoms with Gasteiger partial charge < -0.3 is 10.1 Å². The number of rotatable bonds is 6. The average molecular weight is 195 g/mol. The zero-order valence-corrected chi connectivity index (χ0v) is 8.57. The predicted molar refractivity (Wildman–Crippen MR) is 54.0 cm³/mol. The molecule has 1 aliphatic carbocycles. The minimum absolute atomic E-state index is 0.719. The maximum absolute atomic E-state index is 4.99. The van der Waals surface area contributed by atoms with E-state index < -0.39 is 0 Å². The normalized spacial score (nSPS) is 16.1. The van der Waals surface area contributed by atoms with Crippen LogP contribution in [0.1, 0.15) is 18.5 Å². The molecule has 14 heavy (non-hydrogen) atoms. The fourth-order valence-corrected chi connectivity index (χ4v) is 1.34. The molecule has 4 nitrogen and oxygen atoms in total. The van der Waals surface area contributed by atoms with E-state index in [2.05, 4.69) is 16.5 Å². The van der Waals surface area contributed by atoms with E-state index in [1.807, 2.05) is 10.9 Å². The zero-order valence-electron chi connectivity index (χ0n) is 8.57. The van der Waals surface area contributed by atoms with Gasteiger partial charge in [0.05, 0.1) is 18.8 Å². The van der Waals surface area contributed by atoms with Gasteiger partial charge in [0, 0.05) is 25.9 Å². The Morgan fingerprint density at radius 2 is 2.50 bits per heavy atom. The first-order valence-electron chi connectivity index (χ1n) is 5.13. The van der Waals surface area contributed by atoms with Crippen LogP contribution in [0.3, 0.4) is 0 Å². The van der Waals surface area contributed by atoms with Gasteiger partial charge in [-0.3, -0.25) is 4.68 Å². The molecule has 1 aromatic heterocycles. The van der Waals surface area contributed by atoms with Gasteiger partial charge in [-0.25, -0.2) is 0 Å². The Bertz CT molecular complexity index is 281. The highest BCUT2D eigenvalue weighted by molar-refractivity contribution is 4.99. The van der Waals surface area contributed by atoms with Gasteiger partial charge in [0.1, 0.15) is 0 Å². The Morgan fingerprint density at radius 3 is 3.21 bits per heavy atom. The maximum atomic E-state index is 4.99. The second-order valence-electron chi connectivity index (χ2n) is 3.72. The Morgan fingerprint density at radius 1 is 1.64 bits per heavy atom. The van der Waals surface area contributed by atoms with E-state index in [4.69, 9.17) is 4.74 Å². The lowest BCUT2D eigenvalue weighted by molar-refractivity contribution is 0.183. The molecule has 2 rings (SSSR count). The molecule has 0 unspecified atom stereocenters. The first-order chi connectivity index (χ1) is 6.88. The minimum Gasteiger partial charge on any atom is -0.383 e. The van der Waals surface area contributed by atoms with Crippen molar-refractivity contribution in [3.8, 4) is 0 Å². The van der Waals surface area contributed by atoms with E-state index in [9.17, 15) is 0 Å². The van der Waals surface area contributed by atoms with Gasteiger partial charge >= 0.3 is 0 Å². The van der Waals surface area contributed by atoms with E-state index in [-0.39, 0.29) is 0 Å². The molecule has 1 heterocycles. The second kappa shape index (κ2) is 4.57. The molecule has 1 aliphatic rings. The molecule has 1 saturated carbocycles. The molecule has 0 atom stereocenters. The van der Waals surface area contributed by atoms with Crippen LogP contribution in [0.25, 0.3) is 0 Å². The molecule has 1 aromatic rings. The van der Waals surface area contributed by atoms with Gasteiger partial charge in [0.2, 0.25) is 0 Å². The largest absolute Gasteiger partial charge is 0.383 e. The molecule has 78 valence electrons. The summed E-state index contributed by atoms with van der Waals surface area (Å²) in [4.78, 5) is 0.